The second kappa shape index (κ2) is 20.2. The SMILES string of the molecule is Cc1cc(C2C(=O)Oc3c2cc(C(C)(C)C)cc3C(C)(C)C)ccc1OP(Oc1c(C)cc(C2C(=O)Oc3c2cc(C(C)(C)C)cc3C(C)(C)C)cc1C)Oc1c(C)cc(C2C(=O)Oc3c2cc(C(C)(C)C)cc3C(C)(C)C)cc1C. The minimum atomic E-state index is -2.26. The van der Waals surface area contributed by atoms with Crippen LogP contribution in [0.1, 0.15) is 237 Å². The molecule has 0 saturated heterocycles. The van der Waals surface area contributed by atoms with Crippen LogP contribution in [0, 0.1) is 34.6 Å². The molecule has 0 aromatic heterocycles. The molecule has 3 aliphatic rings. The molecule has 0 bridgehead atoms. The second-order valence-corrected chi connectivity index (χ2v) is 30.4. The van der Waals surface area contributed by atoms with Gasteiger partial charge in [-0.3, -0.25) is 14.4 Å². The summed E-state index contributed by atoms with van der Waals surface area (Å²) < 4.78 is 39.5. The molecular weight excluding hydrogens is 1030 g/mol. The third-order valence-corrected chi connectivity index (χ3v) is 17.3. The van der Waals surface area contributed by atoms with Crippen LogP contribution in [0.4, 0.5) is 0 Å². The van der Waals surface area contributed by atoms with Gasteiger partial charge in [-0.05, 0) is 134 Å². The maximum atomic E-state index is 14.1. The predicted octanol–water partition coefficient (Wildman–Crippen LogP) is 17.9. The van der Waals surface area contributed by atoms with Gasteiger partial charge in [-0.15, -0.1) is 0 Å². The van der Waals surface area contributed by atoms with E-state index in [2.05, 4.69) is 161 Å². The van der Waals surface area contributed by atoms with Crippen molar-refractivity contribution in [2.24, 2.45) is 0 Å². The molecule has 6 aromatic rings. The van der Waals surface area contributed by atoms with Crippen molar-refractivity contribution in [1.82, 2.24) is 0 Å². The van der Waals surface area contributed by atoms with Crippen LogP contribution in [0.2, 0.25) is 0 Å². The van der Waals surface area contributed by atoms with Crippen LogP contribution in [-0.4, -0.2) is 17.9 Å². The first kappa shape index (κ1) is 59.2. The van der Waals surface area contributed by atoms with Crippen molar-refractivity contribution < 1.29 is 42.2 Å². The van der Waals surface area contributed by atoms with Crippen molar-refractivity contribution in [3.63, 3.8) is 0 Å². The van der Waals surface area contributed by atoms with Crippen LogP contribution < -0.4 is 27.8 Å². The predicted molar refractivity (Wildman–Crippen MR) is 326 cm³/mol. The highest BCUT2D eigenvalue weighted by atomic mass is 31.2. The Kier molecular flexibility index (Phi) is 14.7. The number of carbonyl (C=O) groups is 3. The van der Waals surface area contributed by atoms with Crippen LogP contribution in [0.3, 0.4) is 0 Å². The lowest BCUT2D eigenvalue weighted by Crippen LogP contribution is -2.17. The van der Waals surface area contributed by atoms with Gasteiger partial charge in [-0.25, -0.2) is 0 Å². The monoisotopic (exact) mass is 1110 g/mol. The van der Waals surface area contributed by atoms with E-state index in [1.807, 2.05) is 77.1 Å². The van der Waals surface area contributed by atoms with Crippen molar-refractivity contribution in [2.45, 2.75) is 209 Å². The Balaban J connectivity index is 1.11. The van der Waals surface area contributed by atoms with Gasteiger partial charge in [0.15, 0.2) is 0 Å². The Bertz CT molecular complexity index is 3370. The van der Waals surface area contributed by atoms with Crippen LogP contribution in [0.15, 0.2) is 78.9 Å². The Morgan fingerprint density at radius 3 is 0.901 bits per heavy atom. The number of benzene rings is 6. The zero-order valence-corrected chi connectivity index (χ0v) is 53.3. The Morgan fingerprint density at radius 2 is 0.630 bits per heavy atom. The van der Waals surface area contributed by atoms with Crippen LogP contribution in [-0.2, 0) is 46.9 Å². The number of hydrogen-bond donors (Lipinski definition) is 0. The van der Waals surface area contributed by atoms with E-state index in [-0.39, 0.29) is 50.4 Å². The van der Waals surface area contributed by atoms with Gasteiger partial charge in [0, 0.05) is 33.4 Å². The summed E-state index contributed by atoms with van der Waals surface area (Å²) in [4.78, 5) is 42.2. The van der Waals surface area contributed by atoms with Gasteiger partial charge in [-0.2, -0.15) is 0 Å². The summed E-state index contributed by atoms with van der Waals surface area (Å²) in [5.74, 6) is 0.698. The maximum absolute atomic E-state index is 14.1. The molecule has 0 aliphatic carbocycles. The summed E-state index contributed by atoms with van der Waals surface area (Å²) in [6.45, 7) is 48.9. The van der Waals surface area contributed by atoms with E-state index in [4.69, 9.17) is 27.8 Å². The van der Waals surface area contributed by atoms with E-state index in [1.54, 1.807) is 0 Å². The molecule has 0 fully saturated rings. The van der Waals surface area contributed by atoms with Crippen LogP contribution in [0.5, 0.6) is 34.5 Å². The fourth-order valence-corrected chi connectivity index (χ4v) is 12.9. The molecule has 81 heavy (non-hydrogen) atoms. The summed E-state index contributed by atoms with van der Waals surface area (Å²) in [7, 11) is -2.26. The molecule has 9 nitrogen and oxygen atoms in total. The zero-order valence-electron chi connectivity index (χ0n) is 52.4. The van der Waals surface area contributed by atoms with Crippen molar-refractivity contribution in [3.8, 4) is 34.5 Å². The quantitative estimate of drug-likeness (QED) is 0.0795. The van der Waals surface area contributed by atoms with E-state index in [0.29, 0.717) is 34.5 Å². The van der Waals surface area contributed by atoms with Gasteiger partial charge in [0.25, 0.3) is 0 Å². The highest BCUT2D eigenvalue weighted by molar-refractivity contribution is 7.43. The highest BCUT2D eigenvalue weighted by Gasteiger charge is 2.44. The number of esters is 3. The fraction of sp³-hybridized carbons (Fsp3) is 0.451. The topological polar surface area (TPSA) is 107 Å². The molecule has 0 spiro atoms. The second-order valence-electron chi connectivity index (χ2n) is 29.4. The highest BCUT2D eigenvalue weighted by Crippen LogP contribution is 2.54. The van der Waals surface area contributed by atoms with E-state index < -0.39 is 26.4 Å². The standard InChI is InChI=1S/C71H85O9P/c1-37-26-42(55-48-31-45(66(6,7)8)34-51(69(15,16)17)60(48)75-63(55)72)24-25-54(37)78-81(79-58-38(2)27-43(28-39(58)3)56-49-32-46(67(9,10)11)35-52(70(18,19)20)61(49)76-64(56)73)80-59-40(4)29-44(30-41(59)5)57-50-33-47(68(12,13)14)36-53(71(21,22)23)62(50)77-65(57)74/h24-36,55-57H,1-23H3. The Hall–Kier alpha value is -6.44. The molecule has 0 saturated carbocycles. The largest absolute Gasteiger partial charge is 0.530 e. The third-order valence-electron chi connectivity index (χ3n) is 16.3. The molecule has 0 radical (unpaired) electrons. The van der Waals surface area contributed by atoms with Gasteiger partial charge in [0.2, 0.25) is 0 Å². The number of ether oxygens (including phenoxy) is 3. The van der Waals surface area contributed by atoms with E-state index in [9.17, 15) is 14.4 Å². The first-order valence-electron chi connectivity index (χ1n) is 28.6. The molecule has 0 amide bonds. The summed E-state index contributed by atoms with van der Waals surface area (Å²) >= 11 is 0. The minimum Gasteiger partial charge on any atom is -0.425 e. The molecule has 3 unspecified atom stereocenters. The Labute approximate surface area is 483 Å². The van der Waals surface area contributed by atoms with E-state index >= 15 is 0 Å². The summed E-state index contributed by atoms with van der Waals surface area (Å²) in [5, 5.41) is 0. The van der Waals surface area contributed by atoms with Gasteiger partial charge < -0.3 is 27.8 Å². The summed E-state index contributed by atoms with van der Waals surface area (Å²) in [6, 6.07) is 26.8. The minimum absolute atomic E-state index is 0.162. The van der Waals surface area contributed by atoms with E-state index in [1.165, 1.54) is 0 Å². The van der Waals surface area contributed by atoms with Gasteiger partial charge in [0.1, 0.15) is 52.3 Å². The lowest BCUT2D eigenvalue weighted by atomic mass is 9.77. The lowest BCUT2D eigenvalue weighted by Gasteiger charge is -2.27. The van der Waals surface area contributed by atoms with Crippen LogP contribution in [0.25, 0.3) is 0 Å². The zero-order chi connectivity index (χ0) is 59.8. The average molecular weight is 1110 g/mol. The molecule has 3 aliphatic heterocycles. The molecule has 428 valence electrons. The molecular formula is C71H85O9P. The van der Waals surface area contributed by atoms with Gasteiger partial charge in [-0.1, -0.05) is 197 Å². The maximum Gasteiger partial charge on any atom is 0.530 e. The number of rotatable bonds is 9. The molecule has 6 aromatic carbocycles. The lowest BCUT2D eigenvalue weighted by molar-refractivity contribution is -0.134. The third kappa shape index (κ3) is 11.3. The number of hydrogen-bond acceptors (Lipinski definition) is 9. The summed E-state index contributed by atoms with van der Waals surface area (Å²) in [5.41, 5.74) is 14.1. The van der Waals surface area contributed by atoms with Crippen molar-refractivity contribution in [1.29, 1.82) is 0 Å². The smallest absolute Gasteiger partial charge is 0.425 e. The molecule has 3 heterocycles. The molecule has 3 atom stereocenters. The van der Waals surface area contributed by atoms with Crippen LogP contribution >= 0.6 is 8.60 Å². The number of fused-ring (bicyclic) bond motifs is 3. The number of aryl methyl sites for hydroxylation is 5. The van der Waals surface area contributed by atoms with Crippen molar-refractivity contribution >= 4 is 26.5 Å². The fourth-order valence-electron chi connectivity index (χ4n) is 11.5. The van der Waals surface area contributed by atoms with Crippen molar-refractivity contribution in [3.05, 3.63) is 173 Å². The molecule has 9 rings (SSSR count). The van der Waals surface area contributed by atoms with Gasteiger partial charge >= 0.3 is 26.5 Å². The normalized spacial score (nSPS) is 17.8. The summed E-state index contributed by atoms with van der Waals surface area (Å²) in [6.07, 6.45) is 0. The average Bonchev–Trinajstić information content (AvgIpc) is 2.52. The first-order valence-corrected chi connectivity index (χ1v) is 29.7. The van der Waals surface area contributed by atoms with Gasteiger partial charge in [0.05, 0.1) is 0 Å². The number of carbonyl (C=O) groups excluding carboxylic acids is 3. The first-order chi connectivity index (χ1) is 37.2. The van der Waals surface area contributed by atoms with Crippen molar-refractivity contribution in [2.75, 3.05) is 0 Å². The molecule has 0 N–H and O–H groups in total. The Morgan fingerprint density at radius 1 is 0.346 bits per heavy atom. The molecule has 10 heteroatoms. The van der Waals surface area contributed by atoms with E-state index in [0.717, 1.165) is 94.6 Å².